The lowest BCUT2D eigenvalue weighted by molar-refractivity contribution is -0.138. The van der Waals surface area contributed by atoms with Gasteiger partial charge < -0.3 is 14.5 Å². The van der Waals surface area contributed by atoms with Gasteiger partial charge in [0, 0.05) is 43.0 Å². The number of aryl methyl sites for hydroxylation is 1. The topological polar surface area (TPSA) is 98.5 Å². The molecule has 46 heavy (non-hydrogen) atoms. The summed E-state index contributed by atoms with van der Waals surface area (Å²) >= 11 is 0. The molecule has 2 atom stereocenters. The monoisotopic (exact) mass is 633 g/mol. The Morgan fingerprint density at radius 3 is 2.65 bits per heavy atom. The van der Waals surface area contributed by atoms with E-state index in [1.165, 1.54) is 24.1 Å². The second-order valence-electron chi connectivity index (χ2n) is 13.1. The van der Waals surface area contributed by atoms with Gasteiger partial charge in [0.05, 0.1) is 29.6 Å². The largest absolute Gasteiger partial charge is 0.461 e. The van der Waals surface area contributed by atoms with Gasteiger partial charge in [-0.25, -0.2) is 13.2 Å². The van der Waals surface area contributed by atoms with Crippen molar-refractivity contribution in [3.8, 4) is 23.2 Å². The summed E-state index contributed by atoms with van der Waals surface area (Å²) in [4.78, 5) is 31.8. The van der Waals surface area contributed by atoms with Crippen LogP contribution in [-0.2, 0) is 17.6 Å². The minimum atomic E-state index is -1.71. The number of fused-ring (bicyclic) bond motifs is 3. The van der Waals surface area contributed by atoms with Gasteiger partial charge in [-0.05, 0) is 88.6 Å². The molecule has 1 unspecified atom stereocenters. The number of hydrogen-bond donors (Lipinski definition) is 0. The van der Waals surface area contributed by atoms with Gasteiger partial charge in [0.25, 0.3) is 5.91 Å². The Morgan fingerprint density at radius 2 is 1.89 bits per heavy atom. The van der Waals surface area contributed by atoms with Crippen molar-refractivity contribution >= 4 is 22.6 Å². The maximum Gasteiger partial charge on any atom is 0.319 e. The lowest BCUT2D eigenvalue weighted by Gasteiger charge is -2.41. The molecule has 3 aliphatic heterocycles. The average Bonchev–Trinajstić information content (AvgIpc) is 3.64. The second kappa shape index (κ2) is 12.3. The lowest BCUT2D eigenvalue weighted by atomic mass is 9.87. The van der Waals surface area contributed by atoms with Crippen LogP contribution in [0.25, 0.3) is 22.0 Å². The Hall–Kier alpha value is -3.98. The fourth-order valence-electron chi connectivity index (χ4n) is 8.09. The number of piperazine rings is 1. The van der Waals surface area contributed by atoms with Crippen LogP contribution in [-0.4, -0.2) is 87.7 Å². The van der Waals surface area contributed by atoms with Gasteiger partial charge in [-0.3, -0.25) is 14.7 Å². The standard InChI is InChI=1S/C34H38F3N7O2/c1-21(35)32(45)44-15-14-42(19-23(44)8-11-38)31-25-16-27(36)28(26-18-39-17-22-6-2-3-7-24(22)26)29(37)30(25)40-33(41-31)46-20-34-9-4-12-43(34)13-5-10-34/h16-18,21,23H,2-10,12-15,19-20H2,1H3/t21?,23-/m0/s1. The van der Waals surface area contributed by atoms with Gasteiger partial charge >= 0.3 is 6.01 Å². The number of ether oxygens (including phenoxy) is 1. The maximum absolute atomic E-state index is 16.7. The molecule has 3 fully saturated rings. The number of alkyl halides is 1. The van der Waals surface area contributed by atoms with Crippen molar-refractivity contribution in [2.45, 2.75) is 82.5 Å². The average molecular weight is 634 g/mol. The summed E-state index contributed by atoms with van der Waals surface area (Å²) in [6, 6.07) is 2.73. The quantitative estimate of drug-likeness (QED) is 0.353. The number of nitriles is 1. The Balaban J connectivity index is 1.32. The number of hydrogen-bond acceptors (Lipinski definition) is 8. The highest BCUT2D eigenvalue weighted by Gasteiger charge is 2.45. The number of pyridine rings is 1. The maximum atomic E-state index is 16.7. The zero-order chi connectivity index (χ0) is 32.0. The number of carbonyl (C=O) groups is 1. The molecule has 12 heteroatoms. The number of halogens is 3. The molecule has 1 aliphatic carbocycles. The van der Waals surface area contributed by atoms with E-state index in [4.69, 9.17) is 9.72 Å². The molecule has 2 aromatic heterocycles. The van der Waals surface area contributed by atoms with E-state index in [9.17, 15) is 14.4 Å². The number of aromatic nitrogens is 3. The first-order valence-corrected chi connectivity index (χ1v) is 16.4. The minimum Gasteiger partial charge on any atom is -0.461 e. The van der Waals surface area contributed by atoms with Gasteiger partial charge in [-0.15, -0.1) is 0 Å². The summed E-state index contributed by atoms with van der Waals surface area (Å²) in [5.74, 6) is -1.98. The molecule has 0 bridgehead atoms. The summed E-state index contributed by atoms with van der Waals surface area (Å²) in [7, 11) is 0. The Labute approximate surface area is 266 Å². The van der Waals surface area contributed by atoms with E-state index >= 15 is 8.78 Å². The number of anilines is 1. The summed E-state index contributed by atoms with van der Waals surface area (Å²) in [5.41, 5.74) is 2.01. The van der Waals surface area contributed by atoms with Gasteiger partial charge in [0.2, 0.25) is 0 Å². The highest BCUT2D eigenvalue weighted by atomic mass is 19.1. The summed E-state index contributed by atoms with van der Waals surface area (Å²) in [6.45, 7) is 4.06. The number of carbonyl (C=O) groups excluding carboxylic acids is 1. The smallest absolute Gasteiger partial charge is 0.319 e. The Bertz CT molecular complexity index is 1700. The zero-order valence-corrected chi connectivity index (χ0v) is 26.1. The normalized spacial score (nSPS) is 21.6. The van der Waals surface area contributed by atoms with Crippen LogP contribution in [0.15, 0.2) is 18.5 Å². The van der Waals surface area contributed by atoms with Crippen molar-refractivity contribution in [2.75, 3.05) is 44.2 Å². The summed E-state index contributed by atoms with van der Waals surface area (Å²) in [6.07, 6.45) is 9.21. The molecule has 0 radical (unpaired) electrons. The predicted octanol–water partition coefficient (Wildman–Crippen LogP) is 5.14. The first-order valence-electron chi connectivity index (χ1n) is 16.4. The van der Waals surface area contributed by atoms with Crippen LogP contribution in [0.3, 0.4) is 0 Å². The predicted molar refractivity (Wildman–Crippen MR) is 166 cm³/mol. The van der Waals surface area contributed by atoms with Crippen LogP contribution >= 0.6 is 0 Å². The molecule has 0 N–H and O–H groups in total. The van der Waals surface area contributed by atoms with E-state index in [0.29, 0.717) is 18.6 Å². The third-order valence-corrected chi connectivity index (χ3v) is 10.4. The molecule has 1 aromatic carbocycles. The zero-order valence-electron chi connectivity index (χ0n) is 26.1. The van der Waals surface area contributed by atoms with E-state index in [0.717, 1.165) is 69.2 Å². The molecule has 4 aliphatic rings. The second-order valence-corrected chi connectivity index (χ2v) is 13.1. The van der Waals surface area contributed by atoms with Crippen LogP contribution in [0, 0.1) is 23.0 Å². The van der Waals surface area contributed by atoms with Crippen molar-refractivity contribution in [2.24, 2.45) is 0 Å². The first kappa shape index (κ1) is 30.7. The fourth-order valence-corrected chi connectivity index (χ4v) is 8.09. The Morgan fingerprint density at radius 1 is 1.11 bits per heavy atom. The van der Waals surface area contributed by atoms with Crippen LogP contribution in [0.5, 0.6) is 6.01 Å². The number of benzene rings is 1. The van der Waals surface area contributed by atoms with E-state index in [-0.39, 0.29) is 59.9 Å². The molecule has 1 amide bonds. The highest BCUT2D eigenvalue weighted by Crippen LogP contribution is 2.41. The lowest BCUT2D eigenvalue weighted by Crippen LogP contribution is -2.56. The molecule has 3 aromatic rings. The SMILES string of the molecule is CC(F)C(=O)N1CCN(c2nc(OCC34CCCN3CCC4)nc3c(F)c(-c4cncc5c4CCCC5)c(F)cc23)C[C@@H]1CC#N. The van der Waals surface area contributed by atoms with Crippen LogP contribution in [0.2, 0.25) is 0 Å². The third kappa shape index (κ3) is 5.32. The Kier molecular flexibility index (Phi) is 8.21. The molecule has 0 spiro atoms. The third-order valence-electron chi connectivity index (χ3n) is 10.4. The molecular formula is C34H38F3N7O2. The summed E-state index contributed by atoms with van der Waals surface area (Å²) < 4.78 is 53.2. The molecule has 5 heterocycles. The molecule has 7 rings (SSSR count). The van der Waals surface area contributed by atoms with Gasteiger partial charge in [0.1, 0.15) is 23.8 Å². The number of amides is 1. The van der Waals surface area contributed by atoms with Crippen LogP contribution in [0.1, 0.15) is 63.0 Å². The fraction of sp³-hybridized carbons (Fsp3) is 0.559. The van der Waals surface area contributed by atoms with E-state index in [1.54, 1.807) is 11.1 Å². The van der Waals surface area contributed by atoms with E-state index < -0.39 is 29.8 Å². The van der Waals surface area contributed by atoms with Crippen molar-refractivity contribution in [3.63, 3.8) is 0 Å². The van der Waals surface area contributed by atoms with Crippen LogP contribution < -0.4 is 9.64 Å². The number of nitrogens with zero attached hydrogens (tertiary/aromatic N) is 7. The highest BCUT2D eigenvalue weighted by molar-refractivity contribution is 5.94. The van der Waals surface area contributed by atoms with Crippen molar-refractivity contribution in [1.29, 1.82) is 5.26 Å². The molecule has 9 nitrogen and oxygen atoms in total. The molecule has 242 valence electrons. The molecule has 0 saturated carbocycles. The van der Waals surface area contributed by atoms with E-state index in [1.807, 2.05) is 0 Å². The van der Waals surface area contributed by atoms with Crippen molar-refractivity contribution in [1.82, 2.24) is 24.8 Å². The molecular weight excluding hydrogens is 595 g/mol. The summed E-state index contributed by atoms with van der Waals surface area (Å²) in [5, 5.41) is 9.69. The number of rotatable bonds is 7. The van der Waals surface area contributed by atoms with Gasteiger partial charge in [0.15, 0.2) is 12.0 Å². The van der Waals surface area contributed by atoms with E-state index in [2.05, 4.69) is 20.9 Å². The van der Waals surface area contributed by atoms with Crippen LogP contribution in [0.4, 0.5) is 19.0 Å². The minimum absolute atomic E-state index is 0.00646. The van der Waals surface area contributed by atoms with Gasteiger partial charge in [-0.2, -0.15) is 15.2 Å². The van der Waals surface area contributed by atoms with Gasteiger partial charge in [-0.1, -0.05) is 0 Å². The first-order chi connectivity index (χ1) is 22.3. The molecule has 3 saturated heterocycles. The van der Waals surface area contributed by atoms with Crippen molar-refractivity contribution in [3.05, 3.63) is 41.2 Å². The van der Waals surface area contributed by atoms with Crippen molar-refractivity contribution < 1.29 is 22.7 Å².